The summed E-state index contributed by atoms with van der Waals surface area (Å²) in [6.07, 6.45) is -4.05. The van der Waals surface area contributed by atoms with Crippen molar-refractivity contribution in [3.8, 4) is 5.75 Å². The molecule has 0 aromatic heterocycles. The molecule has 0 amide bonds. The van der Waals surface area contributed by atoms with Crippen molar-refractivity contribution in [2.45, 2.75) is 19.3 Å². The number of para-hydroxylation sites is 1. The number of hydrogen-bond donors (Lipinski definition) is 1. The summed E-state index contributed by atoms with van der Waals surface area (Å²) < 4.78 is 53.6. The van der Waals surface area contributed by atoms with Crippen molar-refractivity contribution in [3.63, 3.8) is 0 Å². The summed E-state index contributed by atoms with van der Waals surface area (Å²) in [7, 11) is 0. The zero-order valence-corrected chi connectivity index (χ0v) is 11.7. The molecule has 0 aliphatic carbocycles. The van der Waals surface area contributed by atoms with Gasteiger partial charge in [0, 0.05) is 12.1 Å². The van der Waals surface area contributed by atoms with Crippen LogP contribution in [-0.4, -0.2) is 12.9 Å². The van der Waals surface area contributed by atoms with Gasteiger partial charge in [-0.15, -0.1) is 13.2 Å². The van der Waals surface area contributed by atoms with Crippen LogP contribution in [0.25, 0.3) is 0 Å². The molecule has 0 bridgehead atoms. The molecule has 0 fully saturated rings. The van der Waals surface area contributed by atoms with E-state index in [1.807, 2.05) is 0 Å². The third kappa shape index (κ3) is 5.37. The van der Waals surface area contributed by atoms with Gasteiger partial charge in [0.25, 0.3) is 0 Å². The van der Waals surface area contributed by atoms with Crippen molar-refractivity contribution < 1.29 is 22.3 Å². The van der Waals surface area contributed by atoms with Gasteiger partial charge in [0.1, 0.15) is 11.6 Å². The van der Waals surface area contributed by atoms with Crippen LogP contribution in [0, 0.1) is 5.82 Å². The molecule has 22 heavy (non-hydrogen) atoms. The van der Waals surface area contributed by atoms with Gasteiger partial charge in [-0.05, 0) is 36.7 Å². The zero-order chi connectivity index (χ0) is 16.0. The van der Waals surface area contributed by atoms with E-state index >= 15 is 0 Å². The highest BCUT2D eigenvalue weighted by Gasteiger charge is 2.31. The normalized spacial score (nSPS) is 11.5. The smallest absolute Gasteiger partial charge is 0.405 e. The van der Waals surface area contributed by atoms with Crippen LogP contribution < -0.4 is 10.1 Å². The second-order valence-electron chi connectivity index (χ2n) is 4.71. The van der Waals surface area contributed by atoms with Crippen LogP contribution >= 0.6 is 0 Å². The highest BCUT2D eigenvalue weighted by atomic mass is 19.4. The number of halogens is 4. The molecule has 0 aliphatic rings. The first-order chi connectivity index (χ1) is 10.4. The topological polar surface area (TPSA) is 21.3 Å². The Labute approximate surface area is 125 Å². The molecule has 0 radical (unpaired) electrons. The molecule has 2 aromatic rings. The first-order valence-corrected chi connectivity index (χ1v) is 6.73. The lowest BCUT2D eigenvalue weighted by Gasteiger charge is -2.13. The summed E-state index contributed by atoms with van der Waals surface area (Å²) in [5.41, 5.74) is 1.38. The van der Waals surface area contributed by atoms with Crippen LogP contribution in [0.3, 0.4) is 0 Å². The summed E-state index contributed by atoms with van der Waals surface area (Å²) in [6.45, 7) is 0.819. The average Bonchev–Trinajstić information content (AvgIpc) is 2.45. The van der Waals surface area contributed by atoms with Gasteiger partial charge in [-0.1, -0.05) is 30.3 Å². The van der Waals surface area contributed by atoms with Gasteiger partial charge in [0.15, 0.2) is 0 Å². The molecule has 2 aromatic carbocycles. The van der Waals surface area contributed by atoms with Gasteiger partial charge in [-0.2, -0.15) is 0 Å². The van der Waals surface area contributed by atoms with Crippen LogP contribution in [-0.2, 0) is 13.0 Å². The van der Waals surface area contributed by atoms with E-state index in [0.29, 0.717) is 18.5 Å². The van der Waals surface area contributed by atoms with Gasteiger partial charge < -0.3 is 10.1 Å². The van der Waals surface area contributed by atoms with Crippen molar-refractivity contribution in [1.82, 2.24) is 5.32 Å². The monoisotopic (exact) mass is 313 g/mol. The predicted octanol–water partition coefficient (Wildman–Crippen LogP) is 4.06. The molecular weight excluding hydrogens is 298 g/mol. The van der Waals surface area contributed by atoms with E-state index in [0.717, 1.165) is 5.56 Å². The lowest BCUT2D eigenvalue weighted by atomic mass is 10.1. The van der Waals surface area contributed by atoms with E-state index in [4.69, 9.17) is 0 Å². The number of alkyl halides is 3. The Kier molecular flexibility index (Phi) is 5.38. The van der Waals surface area contributed by atoms with Crippen molar-refractivity contribution in [2.75, 3.05) is 6.54 Å². The average molecular weight is 313 g/mol. The summed E-state index contributed by atoms with van der Waals surface area (Å²) >= 11 is 0. The molecule has 0 spiro atoms. The fraction of sp³-hybridized carbons (Fsp3) is 0.250. The lowest BCUT2D eigenvalue weighted by Crippen LogP contribution is -2.21. The van der Waals surface area contributed by atoms with Gasteiger partial charge in [-0.3, -0.25) is 0 Å². The molecule has 0 saturated carbocycles. The molecule has 0 saturated heterocycles. The highest BCUT2D eigenvalue weighted by Crippen LogP contribution is 2.26. The van der Waals surface area contributed by atoms with Crippen LogP contribution in [0.1, 0.15) is 11.1 Å². The fourth-order valence-electron chi connectivity index (χ4n) is 1.98. The molecule has 0 heterocycles. The summed E-state index contributed by atoms with van der Waals surface area (Å²) in [5, 5.41) is 3.05. The minimum atomic E-state index is -4.70. The Morgan fingerprint density at radius 2 is 1.64 bits per heavy atom. The SMILES string of the molecule is Fc1ccc(CCNCc2ccccc2OC(F)(F)F)cc1. The third-order valence-electron chi connectivity index (χ3n) is 3.02. The van der Waals surface area contributed by atoms with Crippen molar-refractivity contribution in [3.05, 3.63) is 65.5 Å². The lowest BCUT2D eigenvalue weighted by molar-refractivity contribution is -0.274. The number of ether oxygens (including phenoxy) is 1. The Hall–Kier alpha value is -2.08. The quantitative estimate of drug-likeness (QED) is 0.641. The molecule has 0 atom stereocenters. The number of rotatable bonds is 6. The molecular formula is C16H15F4NO. The molecule has 2 rings (SSSR count). The van der Waals surface area contributed by atoms with E-state index in [-0.39, 0.29) is 18.1 Å². The number of nitrogens with one attached hydrogen (secondary N) is 1. The number of benzene rings is 2. The van der Waals surface area contributed by atoms with E-state index in [1.165, 1.54) is 24.3 Å². The molecule has 118 valence electrons. The standard InChI is InChI=1S/C16H15F4NO/c17-14-7-5-12(6-8-14)9-10-21-11-13-3-1-2-4-15(13)22-16(18,19)20/h1-8,21H,9-11H2. The van der Waals surface area contributed by atoms with E-state index in [9.17, 15) is 17.6 Å². The van der Waals surface area contributed by atoms with Gasteiger partial charge >= 0.3 is 6.36 Å². The third-order valence-corrected chi connectivity index (χ3v) is 3.02. The van der Waals surface area contributed by atoms with Crippen molar-refractivity contribution in [2.24, 2.45) is 0 Å². The molecule has 1 N–H and O–H groups in total. The van der Waals surface area contributed by atoms with Crippen molar-refractivity contribution in [1.29, 1.82) is 0 Å². The fourth-order valence-corrected chi connectivity index (χ4v) is 1.98. The maximum atomic E-state index is 12.8. The summed E-state index contributed by atoms with van der Waals surface area (Å²) in [6, 6.07) is 12.1. The predicted molar refractivity (Wildman–Crippen MR) is 74.9 cm³/mol. The Morgan fingerprint density at radius 1 is 0.955 bits per heavy atom. The van der Waals surface area contributed by atoms with Gasteiger partial charge in [-0.25, -0.2) is 4.39 Å². The Morgan fingerprint density at radius 3 is 2.32 bits per heavy atom. The minimum absolute atomic E-state index is 0.204. The molecule has 0 aliphatic heterocycles. The maximum Gasteiger partial charge on any atom is 0.573 e. The van der Waals surface area contributed by atoms with Crippen LogP contribution in [0.15, 0.2) is 48.5 Å². The second kappa shape index (κ2) is 7.26. The first kappa shape index (κ1) is 16.3. The maximum absolute atomic E-state index is 12.8. The summed E-state index contributed by atoms with van der Waals surface area (Å²) in [4.78, 5) is 0. The van der Waals surface area contributed by atoms with Gasteiger partial charge in [0.05, 0.1) is 0 Å². The number of hydrogen-bond acceptors (Lipinski definition) is 2. The zero-order valence-electron chi connectivity index (χ0n) is 11.7. The molecule has 2 nitrogen and oxygen atoms in total. The second-order valence-corrected chi connectivity index (χ2v) is 4.71. The van der Waals surface area contributed by atoms with E-state index < -0.39 is 6.36 Å². The Balaban J connectivity index is 1.85. The summed E-state index contributed by atoms with van der Waals surface area (Å²) in [5.74, 6) is -0.501. The van der Waals surface area contributed by atoms with E-state index in [2.05, 4.69) is 10.1 Å². The van der Waals surface area contributed by atoms with Crippen LogP contribution in [0.2, 0.25) is 0 Å². The van der Waals surface area contributed by atoms with Crippen LogP contribution in [0.4, 0.5) is 17.6 Å². The molecule has 6 heteroatoms. The van der Waals surface area contributed by atoms with E-state index in [1.54, 1.807) is 24.3 Å². The highest BCUT2D eigenvalue weighted by molar-refractivity contribution is 5.33. The minimum Gasteiger partial charge on any atom is -0.405 e. The van der Waals surface area contributed by atoms with Crippen molar-refractivity contribution >= 4 is 0 Å². The van der Waals surface area contributed by atoms with Crippen LogP contribution in [0.5, 0.6) is 5.75 Å². The molecule has 0 unspecified atom stereocenters. The largest absolute Gasteiger partial charge is 0.573 e. The first-order valence-electron chi connectivity index (χ1n) is 6.73. The Bertz CT molecular complexity index is 596. The van der Waals surface area contributed by atoms with Gasteiger partial charge in [0.2, 0.25) is 0 Å².